The predicted octanol–water partition coefficient (Wildman–Crippen LogP) is 6.86. The van der Waals surface area contributed by atoms with Crippen molar-refractivity contribution >= 4 is 5.78 Å². The van der Waals surface area contributed by atoms with Crippen molar-refractivity contribution in [3.8, 4) is 34.5 Å². The molecule has 0 radical (unpaired) electrons. The van der Waals surface area contributed by atoms with Crippen LogP contribution in [0.15, 0.2) is 78.9 Å². The zero-order chi connectivity index (χ0) is 30.1. The van der Waals surface area contributed by atoms with Gasteiger partial charge >= 0.3 is 0 Å². The van der Waals surface area contributed by atoms with Crippen molar-refractivity contribution in [2.75, 3.05) is 7.11 Å². The number of rotatable bonds is 7. The molecule has 2 aliphatic heterocycles. The first-order chi connectivity index (χ1) is 20.8. The number of ketones is 1. The van der Waals surface area contributed by atoms with E-state index in [-0.39, 0.29) is 59.1 Å². The van der Waals surface area contributed by atoms with Crippen molar-refractivity contribution in [2.45, 2.75) is 56.3 Å². The van der Waals surface area contributed by atoms with Crippen LogP contribution in [0.3, 0.4) is 0 Å². The highest BCUT2D eigenvalue weighted by atomic mass is 16.5. The molecule has 4 aromatic rings. The molecule has 4 N–H and O–H groups in total. The molecule has 6 rings (SSSR count). The molecule has 4 aromatic carbocycles. The fraction of sp³-hybridized carbons (Fsp3) is 0.286. The Hall–Kier alpha value is -4.69. The van der Waals surface area contributed by atoms with Gasteiger partial charge in [-0.15, -0.1) is 0 Å². The number of benzene rings is 4. The van der Waals surface area contributed by atoms with Crippen LogP contribution in [0.1, 0.15) is 76.4 Å². The van der Waals surface area contributed by atoms with Gasteiger partial charge in [-0.3, -0.25) is 4.79 Å². The topological polar surface area (TPSA) is 126 Å². The van der Waals surface area contributed by atoms with Crippen LogP contribution in [0, 0.1) is 0 Å². The first-order valence-corrected chi connectivity index (χ1v) is 14.4. The zero-order valence-corrected chi connectivity index (χ0v) is 23.8. The maximum absolute atomic E-state index is 13.6. The average molecular weight is 583 g/mol. The van der Waals surface area contributed by atoms with E-state index in [1.807, 2.05) is 24.3 Å². The van der Waals surface area contributed by atoms with Gasteiger partial charge in [-0.2, -0.15) is 0 Å². The number of fused-ring (bicyclic) bond motifs is 1. The SMILES string of the molecule is COc1cc(O)c(C2C[C@H](CCc3ccc(O)cc3)O[C@H](c3ccc(O)cc3)C2)c2c1C(=O)CC(c1ccc(O)cc1)O2. The smallest absolute Gasteiger partial charge is 0.174 e. The number of carbonyl (C=O) groups is 1. The van der Waals surface area contributed by atoms with Crippen LogP contribution in [0.5, 0.6) is 34.5 Å². The molecule has 222 valence electrons. The molecule has 8 nitrogen and oxygen atoms in total. The summed E-state index contributed by atoms with van der Waals surface area (Å²) in [6.07, 6.45) is 1.52. The zero-order valence-electron chi connectivity index (χ0n) is 23.8. The van der Waals surface area contributed by atoms with Gasteiger partial charge in [-0.05, 0) is 84.7 Å². The van der Waals surface area contributed by atoms with E-state index in [1.165, 1.54) is 13.2 Å². The third-order valence-corrected chi connectivity index (χ3v) is 8.42. The van der Waals surface area contributed by atoms with Crippen LogP contribution < -0.4 is 9.47 Å². The second-order valence-electron chi connectivity index (χ2n) is 11.3. The van der Waals surface area contributed by atoms with Crippen LogP contribution in [0.2, 0.25) is 0 Å². The summed E-state index contributed by atoms with van der Waals surface area (Å²) >= 11 is 0. The Balaban J connectivity index is 1.37. The third-order valence-electron chi connectivity index (χ3n) is 8.42. The molecule has 1 fully saturated rings. The van der Waals surface area contributed by atoms with E-state index < -0.39 is 6.10 Å². The van der Waals surface area contributed by atoms with E-state index in [9.17, 15) is 25.2 Å². The molecule has 0 spiro atoms. The van der Waals surface area contributed by atoms with E-state index >= 15 is 0 Å². The van der Waals surface area contributed by atoms with Crippen molar-refractivity contribution in [3.05, 3.63) is 107 Å². The monoisotopic (exact) mass is 582 g/mol. The number of aromatic hydroxyl groups is 4. The summed E-state index contributed by atoms with van der Waals surface area (Å²) in [5, 5.41) is 40.8. The van der Waals surface area contributed by atoms with Crippen molar-refractivity contribution in [2.24, 2.45) is 0 Å². The Morgan fingerprint density at radius 3 is 1.98 bits per heavy atom. The summed E-state index contributed by atoms with van der Waals surface area (Å²) in [4.78, 5) is 13.6. The molecule has 43 heavy (non-hydrogen) atoms. The lowest BCUT2D eigenvalue weighted by atomic mass is 9.80. The largest absolute Gasteiger partial charge is 0.508 e. The molecule has 2 heterocycles. The fourth-order valence-electron chi connectivity index (χ4n) is 6.24. The normalized spacial score (nSPS) is 21.6. The van der Waals surface area contributed by atoms with E-state index in [0.29, 0.717) is 36.1 Å². The molecule has 0 aliphatic carbocycles. The number of aryl methyl sites for hydroxylation is 1. The molecular formula is C35H34O8. The molecule has 2 aliphatic rings. The molecule has 1 saturated heterocycles. The highest BCUT2D eigenvalue weighted by molar-refractivity contribution is 6.03. The van der Waals surface area contributed by atoms with Gasteiger partial charge in [0.25, 0.3) is 0 Å². The first-order valence-electron chi connectivity index (χ1n) is 14.4. The van der Waals surface area contributed by atoms with Gasteiger partial charge in [0.15, 0.2) is 5.78 Å². The summed E-state index contributed by atoms with van der Waals surface area (Å²) in [5.74, 6) is 0.692. The number of phenolic OH excluding ortho intramolecular Hbond substituents is 4. The molecule has 0 saturated carbocycles. The Bertz CT molecular complexity index is 1600. The quantitative estimate of drug-likeness (QED) is 0.186. The van der Waals surface area contributed by atoms with Crippen LogP contribution in [0.25, 0.3) is 0 Å². The molecule has 4 atom stereocenters. The molecule has 0 amide bonds. The second kappa shape index (κ2) is 11.9. The minimum absolute atomic E-state index is 0.0107. The maximum Gasteiger partial charge on any atom is 0.174 e. The molecule has 8 heteroatoms. The Kier molecular flexibility index (Phi) is 7.86. The number of carbonyl (C=O) groups excluding carboxylic acids is 1. The predicted molar refractivity (Wildman–Crippen MR) is 159 cm³/mol. The first kappa shape index (κ1) is 28.4. The third kappa shape index (κ3) is 5.96. The molecular weight excluding hydrogens is 548 g/mol. The lowest BCUT2D eigenvalue weighted by Crippen LogP contribution is -2.29. The summed E-state index contributed by atoms with van der Waals surface area (Å²) in [7, 11) is 1.46. The fourth-order valence-corrected chi connectivity index (χ4v) is 6.24. The number of phenols is 4. The lowest BCUT2D eigenvalue weighted by molar-refractivity contribution is -0.0634. The minimum atomic E-state index is -0.594. The van der Waals surface area contributed by atoms with Gasteiger partial charge in [0, 0.05) is 11.6 Å². The van der Waals surface area contributed by atoms with Crippen LogP contribution in [0.4, 0.5) is 0 Å². The molecule has 2 unspecified atom stereocenters. The van der Waals surface area contributed by atoms with Gasteiger partial charge in [0.1, 0.15) is 46.2 Å². The van der Waals surface area contributed by atoms with Crippen LogP contribution in [-0.2, 0) is 11.2 Å². The lowest BCUT2D eigenvalue weighted by Gasteiger charge is -2.38. The molecule has 0 bridgehead atoms. The van der Waals surface area contributed by atoms with E-state index in [4.69, 9.17) is 14.2 Å². The maximum atomic E-state index is 13.6. The summed E-state index contributed by atoms with van der Waals surface area (Å²) < 4.78 is 18.6. The van der Waals surface area contributed by atoms with Gasteiger partial charge < -0.3 is 34.6 Å². The van der Waals surface area contributed by atoms with Crippen molar-refractivity contribution < 1.29 is 39.4 Å². The Morgan fingerprint density at radius 2 is 1.37 bits per heavy atom. The highest BCUT2D eigenvalue weighted by Crippen LogP contribution is 2.53. The van der Waals surface area contributed by atoms with Crippen LogP contribution >= 0.6 is 0 Å². The summed E-state index contributed by atoms with van der Waals surface area (Å²) in [6, 6.07) is 22.1. The van der Waals surface area contributed by atoms with Crippen molar-refractivity contribution in [1.29, 1.82) is 0 Å². The molecule has 0 aromatic heterocycles. The summed E-state index contributed by atoms with van der Waals surface area (Å²) in [5.41, 5.74) is 3.58. The van der Waals surface area contributed by atoms with Crippen molar-refractivity contribution in [3.63, 3.8) is 0 Å². The Labute approximate surface area is 249 Å². The van der Waals surface area contributed by atoms with E-state index in [1.54, 1.807) is 48.5 Å². The van der Waals surface area contributed by atoms with E-state index in [2.05, 4.69) is 0 Å². The number of ether oxygens (including phenoxy) is 3. The van der Waals surface area contributed by atoms with Crippen LogP contribution in [-0.4, -0.2) is 39.4 Å². The minimum Gasteiger partial charge on any atom is -0.508 e. The van der Waals surface area contributed by atoms with E-state index in [0.717, 1.165) is 23.1 Å². The average Bonchev–Trinajstić information content (AvgIpc) is 3.00. The van der Waals surface area contributed by atoms with Gasteiger partial charge in [-0.25, -0.2) is 0 Å². The van der Waals surface area contributed by atoms with Gasteiger partial charge in [0.2, 0.25) is 0 Å². The van der Waals surface area contributed by atoms with Gasteiger partial charge in [-0.1, -0.05) is 36.4 Å². The van der Waals surface area contributed by atoms with Gasteiger partial charge in [0.05, 0.1) is 25.7 Å². The number of hydrogen-bond donors (Lipinski definition) is 4. The Morgan fingerprint density at radius 1 is 0.791 bits per heavy atom. The number of Topliss-reactive ketones (excluding diaryl/α,β-unsaturated/α-hetero) is 1. The number of hydrogen-bond acceptors (Lipinski definition) is 8. The summed E-state index contributed by atoms with van der Waals surface area (Å²) in [6.45, 7) is 0. The number of methoxy groups -OCH3 is 1. The standard InChI is InChI=1S/C35H34O8/c1-41-32-19-28(39)33(35-34(32)29(40)18-31(43-35)22-7-13-26(38)14-8-22)23-16-27(15-4-20-2-9-24(36)10-3-20)42-30(17-23)21-5-11-25(37)12-6-21/h2-3,5-14,19,23,27,30-31,36-39H,4,15-18H2,1H3/t23?,27-,30-,31?/m0/s1. The highest BCUT2D eigenvalue weighted by Gasteiger charge is 2.40. The van der Waals surface area contributed by atoms with Crippen molar-refractivity contribution in [1.82, 2.24) is 0 Å². The second-order valence-corrected chi connectivity index (χ2v) is 11.3.